The molecule has 2 atom stereocenters. The second-order valence-electron chi connectivity index (χ2n) is 5.62. The number of aliphatic hydroxyl groups is 1. The van der Waals surface area contributed by atoms with Gasteiger partial charge in [0.25, 0.3) is 0 Å². The molecule has 0 aromatic heterocycles. The van der Waals surface area contributed by atoms with Crippen molar-refractivity contribution in [1.29, 1.82) is 0 Å². The minimum absolute atomic E-state index is 0.227. The zero-order valence-corrected chi connectivity index (χ0v) is 11.0. The fraction of sp³-hybridized carbons (Fsp3) is 0.600. The second-order valence-corrected chi connectivity index (χ2v) is 5.62. The van der Waals surface area contributed by atoms with Crippen LogP contribution in [0, 0.1) is 5.82 Å². The molecule has 1 aromatic rings. The molecule has 0 spiro atoms. The van der Waals surface area contributed by atoms with E-state index in [0.717, 1.165) is 13.0 Å². The Labute approximate surface area is 108 Å². The van der Waals surface area contributed by atoms with Gasteiger partial charge in [-0.2, -0.15) is 0 Å². The highest BCUT2D eigenvalue weighted by atomic mass is 19.1. The summed E-state index contributed by atoms with van der Waals surface area (Å²) in [5.41, 5.74) is -0.254. The van der Waals surface area contributed by atoms with E-state index in [1.54, 1.807) is 19.1 Å². The van der Waals surface area contributed by atoms with Gasteiger partial charge in [0.1, 0.15) is 5.82 Å². The van der Waals surface area contributed by atoms with Crippen LogP contribution in [0.15, 0.2) is 24.3 Å². The predicted molar refractivity (Wildman–Crippen MR) is 71.0 cm³/mol. The van der Waals surface area contributed by atoms with E-state index in [4.69, 9.17) is 0 Å². The number of halogens is 1. The Hall–Kier alpha value is -0.930. The van der Waals surface area contributed by atoms with Crippen LogP contribution in [0.3, 0.4) is 0 Å². The number of hydrogen-bond acceptors (Lipinski definition) is 2. The van der Waals surface area contributed by atoms with Crippen molar-refractivity contribution in [2.45, 2.75) is 50.7 Å². The summed E-state index contributed by atoms with van der Waals surface area (Å²) >= 11 is 0. The summed E-state index contributed by atoms with van der Waals surface area (Å²) in [6.45, 7) is 2.83. The van der Waals surface area contributed by atoms with Crippen molar-refractivity contribution in [3.05, 3.63) is 35.6 Å². The van der Waals surface area contributed by atoms with Crippen LogP contribution in [0.25, 0.3) is 0 Å². The number of hydrogen-bond donors (Lipinski definition) is 2. The van der Waals surface area contributed by atoms with E-state index >= 15 is 0 Å². The maximum atomic E-state index is 13.6. The number of piperidine rings is 1. The SMILES string of the molecule is CC(O)(Cc1ccccc1F)CC1CCCCN1. The molecule has 0 saturated carbocycles. The topological polar surface area (TPSA) is 32.3 Å². The molecular weight excluding hydrogens is 229 g/mol. The van der Waals surface area contributed by atoms with Gasteiger partial charge in [-0.3, -0.25) is 0 Å². The fourth-order valence-electron chi connectivity index (χ4n) is 2.75. The molecule has 1 heterocycles. The normalized spacial score (nSPS) is 23.6. The average Bonchev–Trinajstić information content (AvgIpc) is 2.32. The minimum Gasteiger partial charge on any atom is -0.390 e. The van der Waals surface area contributed by atoms with Crippen LogP contribution in [0.1, 0.15) is 38.2 Å². The van der Waals surface area contributed by atoms with Crippen LogP contribution in [0.4, 0.5) is 4.39 Å². The van der Waals surface area contributed by atoms with E-state index < -0.39 is 5.60 Å². The molecule has 100 valence electrons. The van der Waals surface area contributed by atoms with Gasteiger partial charge in [-0.25, -0.2) is 4.39 Å². The van der Waals surface area contributed by atoms with E-state index in [9.17, 15) is 9.50 Å². The molecule has 1 fully saturated rings. The number of benzene rings is 1. The standard InChI is InChI=1S/C15H22FNO/c1-15(18,11-13-7-4-5-9-17-13)10-12-6-2-3-8-14(12)16/h2-3,6,8,13,17-18H,4-5,7,9-11H2,1H3. The molecule has 3 heteroatoms. The lowest BCUT2D eigenvalue weighted by Gasteiger charge is -2.31. The summed E-state index contributed by atoms with van der Waals surface area (Å²) in [5, 5.41) is 13.9. The summed E-state index contributed by atoms with van der Waals surface area (Å²) in [5.74, 6) is -0.227. The summed E-state index contributed by atoms with van der Waals surface area (Å²) in [6.07, 6.45) is 4.59. The highest BCUT2D eigenvalue weighted by Gasteiger charge is 2.27. The van der Waals surface area contributed by atoms with Crippen LogP contribution in [-0.4, -0.2) is 23.3 Å². The molecule has 0 bridgehead atoms. The predicted octanol–water partition coefficient (Wildman–Crippen LogP) is 2.65. The molecule has 2 unspecified atom stereocenters. The van der Waals surface area contributed by atoms with Crippen LogP contribution >= 0.6 is 0 Å². The van der Waals surface area contributed by atoms with Crippen molar-refractivity contribution < 1.29 is 9.50 Å². The minimum atomic E-state index is -0.850. The van der Waals surface area contributed by atoms with E-state index in [0.29, 0.717) is 24.4 Å². The van der Waals surface area contributed by atoms with Gasteiger partial charge in [-0.1, -0.05) is 24.6 Å². The first-order valence-corrected chi connectivity index (χ1v) is 6.76. The fourth-order valence-corrected chi connectivity index (χ4v) is 2.75. The molecule has 2 nitrogen and oxygen atoms in total. The molecule has 18 heavy (non-hydrogen) atoms. The summed E-state index contributed by atoms with van der Waals surface area (Å²) < 4.78 is 13.6. The molecule has 1 aliphatic heterocycles. The van der Waals surface area contributed by atoms with Gasteiger partial charge in [0.15, 0.2) is 0 Å². The Balaban J connectivity index is 1.96. The van der Waals surface area contributed by atoms with Gasteiger partial charge in [0, 0.05) is 12.5 Å². The molecule has 0 radical (unpaired) electrons. The third-order valence-corrected chi connectivity index (χ3v) is 3.63. The number of rotatable bonds is 4. The van der Waals surface area contributed by atoms with Gasteiger partial charge in [-0.15, -0.1) is 0 Å². The summed E-state index contributed by atoms with van der Waals surface area (Å²) in [7, 11) is 0. The number of nitrogens with one attached hydrogen (secondary N) is 1. The summed E-state index contributed by atoms with van der Waals surface area (Å²) in [4.78, 5) is 0. The molecule has 1 aliphatic rings. The van der Waals surface area contributed by atoms with Gasteiger partial charge in [0.2, 0.25) is 0 Å². The van der Waals surface area contributed by atoms with Crippen LogP contribution < -0.4 is 5.32 Å². The molecule has 1 saturated heterocycles. The molecule has 0 aliphatic carbocycles. The third-order valence-electron chi connectivity index (χ3n) is 3.63. The van der Waals surface area contributed by atoms with Crippen molar-refractivity contribution in [3.8, 4) is 0 Å². The second kappa shape index (κ2) is 5.81. The van der Waals surface area contributed by atoms with Gasteiger partial charge in [-0.05, 0) is 44.4 Å². The highest BCUT2D eigenvalue weighted by molar-refractivity contribution is 5.19. The van der Waals surface area contributed by atoms with E-state index in [-0.39, 0.29) is 5.82 Å². The third kappa shape index (κ3) is 3.79. The smallest absolute Gasteiger partial charge is 0.126 e. The van der Waals surface area contributed by atoms with Crippen molar-refractivity contribution in [2.75, 3.05) is 6.54 Å². The Morgan fingerprint density at radius 1 is 1.39 bits per heavy atom. The lowest BCUT2D eigenvalue weighted by Crippen LogP contribution is -2.42. The van der Waals surface area contributed by atoms with Crippen molar-refractivity contribution in [3.63, 3.8) is 0 Å². The van der Waals surface area contributed by atoms with E-state index in [1.807, 2.05) is 6.07 Å². The molecule has 2 rings (SSSR count). The Morgan fingerprint density at radius 2 is 2.17 bits per heavy atom. The zero-order valence-electron chi connectivity index (χ0n) is 11.0. The van der Waals surface area contributed by atoms with Crippen LogP contribution in [-0.2, 0) is 6.42 Å². The van der Waals surface area contributed by atoms with Gasteiger partial charge in [0.05, 0.1) is 5.60 Å². The first-order chi connectivity index (χ1) is 8.57. The first-order valence-electron chi connectivity index (χ1n) is 6.76. The molecule has 0 amide bonds. The maximum absolute atomic E-state index is 13.6. The quantitative estimate of drug-likeness (QED) is 0.862. The summed E-state index contributed by atoms with van der Waals surface area (Å²) in [6, 6.07) is 7.05. The Bertz CT molecular complexity index is 386. The zero-order chi connectivity index (χ0) is 13.0. The van der Waals surface area contributed by atoms with Crippen molar-refractivity contribution in [2.24, 2.45) is 0 Å². The molecule has 2 N–H and O–H groups in total. The lowest BCUT2D eigenvalue weighted by molar-refractivity contribution is 0.0363. The van der Waals surface area contributed by atoms with Crippen LogP contribution in [0.5, 0.6) is 0 Å². The van der Waals surface area contributed by atoms with E-state index in [1.165, 1.54) is 18.9 Å². The monoisotopic (exact) mass is 251 g/mol. The van der Waals surface area contributed by atoms with Gasteiger partial charge < -0.3 is 10.4 Å². The maximum Gasteiger partial charge on any atom is 0.126 e. The highest BCUT2D eigenvalue weighted by Crippen LogP contribution is 2.23. The van der Waals surface area contributed by atoms with Crippen molar-refractivity contribution in [1.82, 2.24) is 5.32 Å². The largest absolute Gasteiger partial charge is 0.390 e. The van der Waals surface area contributed by atoms with E-state index in [2.05, 4.69) is 5.32 Å². The Morgan fingerprint density at radius 3 is 2.83 bits per heavy atom. The lowest BCUT2D eigenvalue weighted by atomic mass is 9.87. The Kier molecular flexibility index (Phi) is 4.36. The average molecular weight is 251 g/mol. The first kappa shape index (κ1) is 13.5. The molecule has 1 aromatic carbocycles. The van der Waals surface area contributed by atoms with Crippen molar-refractivity contribution >= 4 is 0 Å². The van der Waals surface area contributed by atoms with Crippen LogP contribution in [0.2, 0.25) is 0 Å². The molecular formula is C15H22FNO. The van der Waals surface area contributed by atoms with Gasteiger partial charge >= 0.3 is 0 Å².